The summed E-state index contributed by atoms with van der Waals surface area (Å²) in [5.74, 6) is 1.54. The minimum atomic E-state index is 0.335. The highest BCUT2D eigenvalue weighted by Crippen LogP contribution is 2.23. The smallest absolute Gasteiger partial charge is 0.213 e. The Morgan fingerprint density at radius 2 is 2.12 bits per heavy atom. The van der Waals surface area contributed by atoms with Crippen LogP contribution in [0.5, 0.6) is 5.88 Å². The predicted octanol–water partition coefficient (Wildman–Crippen LogP) is 2.88. The molecule has 1 aromatic rings. The normalized spacial score (nSPS) is 15.4. The van der Waals surface area contributed by atoms with E-state index in [1.165, 1.54) is 12.8 Å². The summed E-state index contributed by atoms with van der Waals surface area (Å²) in [6, 6.07) is 4.02. The Balaban J connectivity index is 1.69. The van der Waals surface area contributed by atoms with Crippen LogP contribution >= 0.6 is 0 Å². The standard InChI is InChI=1S/C19H32N4O2/c1-3-24-13-7-6-11-22-19(20-2)23-15-16-10-12-21-18(14-16)25-17-8-4-5-9-17/h10,12,14,17H,3-9,11,13,15H2,1-2H3,(H2,20,22,23). The van der Waals surface area contributed by atoms with E-state index >= 15 is 0 Å². The maximum atomic E-state index is 5.96. The van der Waals surface area contributed by atoms with Gasteiger partial charge in [-0.3, -0.25) is 4.99 Å². The lowest BCUT2D eigenvalue weighted by molar-refractivity contribution is 0.143. The predicted molar refractivity (Wildman–Crippen MR) is 101 cm³/mol. The number of ether oxygens (including phenoxy) is 2. The molecule has 1 aliphatic rings. The van der Waals surface area contributed by atoms with Crippen LogP contribution in [0, 0.1) is 0 Å². The van der Waals surface area contributed by atoms with Crippen molar-refractivity contribution in [2.75, 3.05) is 26.8 Å². The highest BCUT2D eigenvalue weighted by atomic mass is 16.5. The Bertz CT molecular complexity index is 516. The van der Waals surface area contributed by atoms with Crippen LogP contribution in [-0.2, 0) is 11.3 Å². The molecule has 6 heteroatoms. The third-order valence-electron chi connectivity index (χ3n) is 4.28. The Labute approximate surface area is 151 Å². The molecule has 1 aromatic heterocycles. The highest BCUT2D eigenvalue weighted by Gasteiger charge is 2.16. The number of aliphatic imine (C=N–C) groups is 1. The molecule has 1 aliphatic carbocycles. The maximum Gasteiger partial charge on any atom is 0.213 e. The lowest BCUT2D eigenvalue weighted by Crippen LogP contribution is -2.37. The van der Waals surface area contributed by atoms with Crippen molar-refractivity contribution in [3.63, 3.8) is 0 Å². The zero-order valence-corrected chi connectivity index (χ0v) is 15.6. The lowest BCUT2D eigenvalue weighted by atomic mass is 10.2. The molecule has 0 aromatic carbocycles. The van der Waals surface area contributed by atoms with Crippen LogP contribution in [0.1, 0.15) is 51.0 Å². The van der Waals surface area contributed by atoms with Crippen LogP contribution in [0.4, 0.5) is 0 Å². The average molecular weight is 348 g/mol. The van der Waals surface area contributed by atoms with Crippen LogP contribution in [0.3, 0.4) is 0 Å². The van der Waals surface area contributed by atoms with Crippen molar-refractivity contribution in [2.24, 2.45) is 4.99 Å². The molecule has 6 nitrogen and oxygen atoms in total. The van der Waals surface area contributed by atoms with Crippen LogP contribution in [-0.4, -0.2) is 43.9 Å². The summed E-state index contributed by atoms with van der Waals surface area (Å²) in [6.07, 6.45) is 9.08. The van der Waals surface area contributed by atoms with Gasteiger partial charge in [-0.25, -0.2) is 4.98 Å². The van der Waals surface area contributed by atoms with Gasteiger partial charge in [0.25, 0.3) is 0 Å². The van der Waals surface area contributed by atoms with E-state index in [0.29, 0.717) is 12.6 Å². The lowest BCUT2D eigenvalue weighted by Gasteiger charge is -2.14. The van der Waals surface area contributed by atoms with Gasteiger partial charge in [-0.1, -0.05) is 0 Å². The first kappa shape index (κ1) is 19.5. The molecule has 2 rings (SSSR count). The van der Waals surface area contributed by atoms with Crippen LogP contribution in [0.2, 0.25) is 0 Å². The van der Waals surface area contributed by atoms with Gasteiger partial charge in [0.1, 0.15) is 6.10 Å². The SMILES string of the molecule is CCOCCCCNC(=NC)NCc1ccnc(OC2CCCC2)c1. The molecule has 0 bridgehead atoms. The van der Waals surface area contributed by atoms with E-state index in [1.54, 1.807) is 7.05 Å². The minimum Gasteiger partial charge on any atom is -0.474 e. The van der Waals surface area contributed by atoms with E-state index in [-0.39, 0.29) is 0 Å². The van der Waals surface area contributed by atoms with Crippen LogP contribution in [0.15, 0.2) is 23.3 Å². The van der Waals surface area contributed by atoms with Gasteiger partial charge in [0, 0.05) is 45.6 Å². The minimum absolute atomic E-state index is 0.335. The number of rotatable bonds is 10. The first-order valence-corrected chi connectivity index (χ1v) is 9.45. The second-order valence-corrected chi connectivity index (χ2v) is 6.28. The van der Waals surface area contributed by atoms with Gasteiger partial charge in [-0.05, 0) is 57.1 Å². The molecule has 25 heavy (non-hydrogen) atoms. The van der Waals surface area contributed by atoms with Gasteiger partial charge < -0.3 is 20.1 Å². The first-order valence-electron chi connectivity index (χ1n) is 9.45. The first-order chi connectivity index (χ1) is 12.3. The summed E-state index contributed by atoms with van der Waals surface area (Å²) >= 11 is 0. The molecule has 1 heterocycles. The highest BCUT2D eigenvalue weighted by molar-refractivity contribution is 5.79. The number of hydrogen-bond acceptors (Lipinski definition) is 4. The number of guanidine groups is 1. The Morgan fingerprint density at radius 3 is 2.88 bits per heavy atom. The van der Waals surface area contributed by atoms with Crippen LogP contribution in [0.25, 0.3) is 0 Å². The molecule has 0 radical (unpaired) electrons. The second kappa shape index (κ2) is 11.7. The quantitative estimate of drug-likeness (QED) is 0.387. The van der Waals surface area contributed by atoms with E-state index in [9.17, 15) is 0 Å². The van der Waals surface area contributed by atoms with Gasteiger partial charge in [-0.2, -0.15) is 0 Å². The number of hydrogen-bond donors (Lipinski definition) is 2. The van der Waals surface area contributed by atoms with Gasteiger partial charge in [-0.15, -0.1) is 0 Å². The average Bonchev–Trinajstić information content (AvgIpc) is 3.14. The van der Waals surface area contributed by atoms with Crippen LogP contribution < -0.4 is 15.4 Å². The topological polar surface area (TPSA) is 67.8 Å². The molecule has 0 spiro atoms. The molecule has 140 valence electrons. The summed E-state index contributed by atoms with van der Waals surface area (Å²) in [4.78, 5) is 8.59. The molecule has 0 atom stereocenters. The molecule has 1 saturated carbocycles. The zero-order chi connectivity index (χ0) is 17.7. The van der Waals surface area contributed by atoms with E-state index in [1.807, 2.05) is 25.3 Å². The summed E-state index contributed by atoms with van der Waals surface area (Å²) in [7, 11) is 1.79. The molecule has 2 N–H and O–H groups in total. The summed E-state index contributed by atoms with van der Waals surface area (Å²) < 4.78 is 11.3. The second-order valence-electron chi connectivity index (χ2n) is 6.28. The van der Waals surface area contributed by atoms with Crippen molar-refractivity contribution in [1.82, 2.24) is 15.6 Å². The van der Waals surface area contributed by atoms with Gasteiger partial charge in [0.15, 0.2) is 5.96 Å². The number of pyridine rings is 1. The molecule has 0 aliphatic heterocycles. The zero-order valence-electron chi connectivity index (χ0n) is 15.6. The van der Waals surface area contributed by atoms with Gasteiger partial charge >= 0.3 is 0 Å². The monoisotopic (exact) mass is 348 g/mol. The third kappa shape index (κ3) is 7.73. The Kier molecular flexibility index (Phi) is 9.12. The number of aromatic nitrogens is 1. The number of nitrogens with zero attached hydrogens (tertiary/aromatic N) is 2. The molecule has 0 unspecified atom stereocenters. The van der Waals surface area contributed by atoms with Crippen molar-refractivity contribution in [1.29, 1.82) is 0 Å². The van der Waals surface area contributed by atoms with E-state index in [2.05, 4.69) is 20.6 Å². The van der Waals surface area contributed by atoms with E-state index in [0.717, 1.165) is 62.8 Å². The fourth-order valence-corrected chi connectivity index (χ4v) is 2.89. The van der Waals surface area contributed by atoms with Gasteiger partial charge in [0.2, 0.25) is 5.88 Å². The molecule has 0 saturated heterocycles. The van der Waals surface area contributed by atoms with Crippen molar-refractivity contribution >= 4 is 5.96 Å². The number of unbranched alkanes of at least 4 members (excludes halogenated alkanes) is 1. The van der Waals surface area contributed by atoms with E-state index < -0.39 is 0 Å². The fourth-order valence-electron chi connectivity index (χ4n) is 2.89. The molecule has 0 amide bonds. The molecule has 1 fully saturated rings. The summed E-state index contributed by atoms with van der Waals surface area (Å²) in [6.45, 7) is 5.22. The Hall–Kier alpha value is -1.82. The third-order valence-corrected chi connectivity index (χ3v) is 4.28. The molecular formula is C19H32N4O2. The fraction of sp³-hybridized carbons (Fsp3) is 0.684. The summed E-state index contributed by atoms with van der Waals surface area (Å²) in [5, 5.41) is 6.66. The van der Waals surface area contributed by atoms with Crippen molar-refractivity contribution < 1.29 is 9.47 Å². The van der Waals surface area contributed by atoms with E-state index in [4.69, 9.17) is 9.47 Å². The molecular weight excluding hydrogens is 316 g/mol. The van der Waals surface area contributed by atoms with Crippen molar-refractivity contribution in [3.8, 4) is 5.88 Å². The largest absolute Gasteiger partial charge is 0.474 e. The summed E-state index contributed by atoms with van der Waals surface area (Å²) in [5.41, 5.74) is 1.14. The Morgan fingerprint density at radius 1 is 1.28 bits per heavy atom. The van der Waals surface area contributed by atoms with Crippen molar-refractivity contribution in [2.45, 2.75) is 58.1 Å². The van der Waals surface area contributed by atoms with Gasteiger partial charge in [0.05, 0.1) is 0 Å². The maximum absolute atomic E-state index is 5.96. The number of nitrogens with one attached hydrogen (secondary N) is 2. The van der Waals surface area contributed by atoms with Crippen molar-refractivity contribution in [3.05, 3.63) is 23.9 Å².